The van der Waals surface area contributed by atoms with Crippen molar-refractivity contribution in [1.29, 1.82) is 0 Å². The van der Waals surface area contributed by atoms with Crippen LogP contribution in [0.25, 0.3) is 0 Å². The highest BCUT2D eigenvalue weighted by molar-refractivity contribution is 5.96. The number of phenolic OH excluding ortho intramolecular Hbond substituents is 1. The minimum absolute atomic E-state index is 0.0672. The molecule has 0 bridgehead atoms. The molecule has 0 aliphatic heterocycles. The fourth-order valence-corrected chi connectivity index (χ4v) is 1.35. The summed E-state index contributed by atoms with van der Waals surface area (Å²) in [6.45, 7) is 0.0884. The van der Waals surface area contributed by atoms with Crippen LogP contribution in [0.1, 0.15) is 15.9 Å². The van der Waals surface area contributed by atoms with E-state index >= 15 is 0 Å². The topological polar surface area (TPSA) is 58.6 Å². The van der Waals surface area contributed by atoms with Crippen LogP contribution in [0.3, 0.4) is 0 Å². The van der Waals surface area contributed by atoms with Gasteiger partial charge in [0.2, 0.25) is 0 Å². The Kier molecular flexibility index (Phi) is 5.17. The van der Waals surface area contributed by atoms with Crippen LogP contribution in [0.2, 0.25) is 0 Å². The number of hydrogen-bond donors (Lipinski definition) is 2. The standard InChI is InChI=1S/C12H14F3NO3/c1-8-2-3-9(10(17)6-8)11(18)16-4-5-19-7-12(13,14)15/h2-3,6,17H,4-5,7H2,1H3,(H,16,18). The summed E-state index contributed by atoms with van der Waals surface area (Å²) >= 11 is 0. The Hall–Kier alpha value is -1.76. The Labute approximate surface area is 108 Å². The zero-order valence-electron chi connectivity index (χ0n) is 10.3. The van der Waals surface area contributed by atoms with Crippen LogP contribution in [-0.4, -0.2) is 36.9 Å². The summed E-state index contributed by atoms with van der Waals surface area (Å²) < 4.78 is 39.6. The van der Waals surface area contributed by atoms with Gasteiger partial charge in [-0.2, -0.15) is 13.2 Å². The van der Waals surface area contributed by atoms with Crippen LogP contribution in [-0.2, 0) is 4.74 Å². The summed E-state index contributed by atoms with van der Waals surface area (Å²) in [5.74, 6) is -0.734. The Morgan fingerprint density at radius 3 is 2.68 bits per heavy atom. The largest absolute Gasteiger partial charge is 0.507 e. The van der Waals surface area contributed by atoms with E-state index in [0.717, 1.165) is 5.56 Å². The molecule has 0 aliphatic rings. The second-order valence-corrected chi connectivity index (χ2v) is 3.94. The first kappa shape index (κ1) is 15.3. The van der Waals surface area contributed by atoms with Gasteiger partial charge in [-0.15, -0.1) is 0 Å². The molecular weight excluding hydrogens is 263 g/mol. The van der Waals surface area contributed by atoms with Crippen LogP contribution in [0, 0.1) is 6.92 Å². The van der Waals surface area contributed by atoms with Crippen molar-refractivity contribution in [3.05, 3.63) is 29.3 Å². The van der Waals surface area contributed by atoms with E-state index in [1.165, 1.54) is 12.1 Å². The van der Waals surface area contributed by atoms with E-state index < -0.39 is 18.7 Å². The van der Waals surface area contributed by atoms with Gasteiger partial charge >= 0.3 is 6.18 Å². The lowest BCUT2D eigenvalue weighted by atomic mass is 10.1. The number of amides is 1. The zero-order valence-corrected chi connectivity index (χ0v) is 10.3. The first-order chi connectivity index (χ1) is 8.79. The van der Waals surface area contributed by atoms with E-state index in [2.05, 4.69) is 10.1 Å². The van der Waals surface area contributed by atoms with Crippen molar-refractivity contribution in [2.75, 3.05) is 19.8 Å². The Morgan fingerprint density at radius 1 is 1.42 bits per heavy atom. The highest BCUT2D eigenvalue weighted by Gasteiger charge is 2.27. The fourth-order valence-electron chi connectivity index (χ4n) is 1.35. The monoisotopic (exact) mass is 277 g/mol. The molecule has 106 valence electrons. The lowest BCUT2D eigenvalue weighted by Crippen LogP contribution is -2.28. The van der Waals surface area contributed by atoms with Gasteiger partial charge in [0.25, 0.3) is 5.91 Å². The van der Waals surface area contributed by atoms with Gasteiger partial charge in [-0.25, -0.2) is 0 Å². The minimum atomic E-state index is -4.38. The van der Waals surface area contributed by atoms with Gasteiger partial charge < -0.3 is 15.2 Å². The number of halogens is 3. The molecule has 0 fully saturated rings. The average molecular weight is 277 g/mol. The summed E-state index contributed by atoms with van der Waals surface area (Å²) in [7, 11) is 0. The van der Waals surface area contributed by atoms with Gasteiger partial charge in [-0.05, 0) is 24.6 Å². The van der Waals surface area contributed by atoms with Crippen LogP contribution >= 0.6 is 0 Å². The number of benzene rings is 1. The Bertz CT molecular complexity index is 446. The molecule has 7 heteroatoms. The third kappa shape index (κ3) is 5.60. The van der Waals surface area contributed by atoms with Gasteiger partial charge in [0.1, 0.15) is 12.4 Å². The summed E-state index contributed by atoms with van der Waals surface area (Å²) in [6.07, 6.45) is -4.38. The fraction of sp³-hybridized carbons (Fsp3) is 0.417. The van der Waals surface area contributed by atoms with Crippen molar-refractivity contribution in [1.82, 2.24) is 5.32 Å². The number of rotatable bonds is 5. The lowest BCUT2D eigenvalue weighted by molar-refractivity contribution is -0.173. The van der Waals surface area contributed by atoms with E-state index in [1.54, 1.807) is 13.0 Å². The first-order valence-corrected chi connectivity index (χ1v) is 5.52. The molecule has 4 nitrogen and oxygen atoms in total. The molecule has 19 heavy (non-hydrogen) atoms. The third-order valence-corrected chi connectivity index (χ3v) is 2.20. The SMILES string of the molecule is Cc1ccc(C(=O)NCCOCC(F)(F)F)c(O)c1. The summed E-state index contributed by atoms with van der Waals surface area (Å²) in [5.41, 5.74) is 0.865. The normalized spacial score (nSPS) is 11.4. The number of aromatic hydroxyl groups is 1. The highest BCUT2D eigenvalue weighted by Crippen LogP contribution is 2.18. The predicted molar refractivity (Wildman–Crippen MR) is 62.1 cm³/mol. The molecule has 0 heterocycles. The number of aryl methyl sites for hydroxylation is 1. The molecule has 0 spiro atoms. The lowest BCUT2D eigenvalue weighted by Gasteiger charge is -2.09. The molecule has 1 rings (SSSR count). The first-order valence-electron chi connectivity index (χ1n) is 5.52. The van der Waals surface area contributed by atoms with Crippen molar-refractivity contribution >= 4 is 5.91 Å². The maximum atomic E-state index is 11.8. The number of carbonyl (C=O) groups is 1. The number of alkyl halides is 3. The second-order valence-electron chi connectivity index (χ2n) is 3.94. The maximum absolute atomic E-state index is 11.8. The van der Waals surface area contributed by atoms with Gasteiger partial charge in [-0.1, -0.05) is 6.07 Å². The third-order valence-electron chi connectivity index (χ3n) is 2.20. The van der Waals surface area contributed by atoms with Crippen LogP contribution in [0.15, 0.2) is 18.2 Å². The van der Waals surface area contributed by atoms with Crippen molar-refractivity contribution in [3.63, 3.8) is 0 Å². The Balaban J connectivity index is 2.36. The molecule has 0 saturated heterocycles. The summed E-state index contributed by atoms with van der Waals surface area (Å²) in [5, 5.41) is 11.9. The van der Waals surface area contributed by atoms with E-state index in [0.29, 0.717) is 0 Å². The molecule has 1 aromatic carbocycles. The Morgan fingerprint density at radius 2 is 2.11 bits per heavy atom. The number of nitrogens with one attached hydrogen (secondary N) is 1. The second kappa shape index (κ2) is 6.42. The van der Waals surface area contributed by atoms with Crippen LogP contribution in [0.4, 0.5) is 13.2 Å². The molecule has 0 radical (unpaired) electrons. The van der Waals surface area contributed by atoms with E-state index in [9.17, 15) is 23.1 Å². The van der Waals surface area contributed by atoms with E-state index in [1.807, 2.05) is 0 Å². The average Bonchev–Trinajstić information content (AvgIpc) is 2.26. The molecule has 0 atom stereocenters. The van der Waals surface area contributed by atoms with Crippen LogP contribution in [0.5, 0.6) is 5.75 Å². The minimum Gasteiger partial charge on any atom is -0.507 e. The van der Waals surface area contributed by atoms with Gasteiger partial charge in [-0.3, -0.25) is 4.79 Å². The van der Waals surface area contributed by atoms with Crippen LogP contribution < -0.4 is 5.32 Å². The zero-order chi connectivity index (χ0) is 14.5. The van der Waals surface area contributed by atoms with Gasteiger partial charge in [0.15, 0.2) is 0 Å². The number of ether oxygens (including phenoxy) is 1. The van der Waals surface area contributed by atoms with E-state index in [4.69, 9.17) is 0 Å². The van der Waals surface area contributed by atoms with Gasteiger partial charge in [0, 0.05) is 6.54 Å². The molecule has 0 unspecified atom stereocenters. The number of carbonyl (C=O) groups excluding carboxylic acids is 1. The van der Waals surface area contributed by atoms with Gasteiger partial charge in [0.05, 0.1) is 12.2 Å². The molecule has 1 aromatic rings. The smallest absolute Gasteiger partial charge is 0.411 e. The maximum Gasteiger partial charge on any atom is 0.411 e. The summed E-state index contributed by atoms with van der Waals surface area (Å²) in [4.78, 5) is 11.6. The molecular formula is C12H14F3NO3. The number of hydrogen-bond acceptors (Lipinski definition) is 3. The van der Waals surface area contributed by atoms with E-state index in [-0.39, 0.29) is 24.5 Å². The highest BCUT2D eigenvalue weighted by atomic mass is 19.4. The quantitative estimate of drug-likeness (QED) is 0.809. The molecule has 0 aromatic heterocycles. The summed E-state index contributed by atoms with van der Waals surface area (Å²) in [6, 6.07) is 4.51. The molecule has 0 aliphatic carbocycles. The molecule has 0 saturated carbocycles. The van der Waals surface area contributed by atoms with Crippen molar-refractivity contribution < 1.29 is 27.8 Å². The molecule has 2 N–H and O–H groups in total. The van der Waals surface area contributed by atoms with Crippen molar-refractivity contribution in [3.8, 4) is 5.75 Å². The predicted octanol–water partition coefficient (Wildman–Crippen LogP) is 2.01. The molecule has 1 amide bonds. The number of phenols is 1. The van der Waals surface area contributed by atoms with Crippen molar-refractivity contribution in [2.24, 2.45) is 0 Å². The van der Waals surface area contributed by atoms with Crippen molar-refractivity contribution in [2.45, 2.75) is 13.1 Å².